The van der Waals surface area contributed by atoms with E-state index < -0.39 is 23.9 Å². The number of carboxylic acid groups (broad SMARTS) is 1. The number of hydrogen-bond acceptors (Lipinski definition) is 3. The average Bonchev–Trinajstić information content (AvgIpc) is 2.09. The number of aliphatic hydroxyl groups is 1. The second kappa shape index (κ2) is 5.84. The zero-order valence-corrected chi connectivity index (χ0v) is 10.3. The molecule has 0 aromatic rings. The van der Waals surface area contributed by atoms with Gasteiger partial charge in [0.25, 0.3) is 0 Å². The Balaban J connectivity index is 3.97. The van der Waals surface area contributed by atoms with Crippen molar-refractivity contribution >= 4 is 11.9 Å². The van der Waals surface area contributed by atoms with Crippen molar-refractivity contribution < 1.29 is 19.8 Å². The van der Waals surface area contributed by atoms with Crippen molar-refractivity contribution in [2.75, 3.05) is 6.54 Å². The molecule has 0 rings (SSSR count). The lowest BCUT2D eigenvalue weighted by Crippen LogP contribution is -2.39. The minimum atomic E-state index is -1.16. The molecule has 0 fully saturated rings. The standard InChI is InChI=1S/C11H21NO4/c1-7(10(15)16)9(14)12-6-8(13)5-11(2,3)4/h7-8,13H,5-6H2,1-4H3,(H,12,14)(H,15,16). The molecule has 5 heteroatoms. The summed E-state index contributed by atoms with van der Waals surface area (Å²) in [6.45, 7) is 7.36. The average molecular weight is 231 g/mol. The van der Waals surface area contributed by atoms with Crippen LogP contribution in [0.1, 0.15) is 34.1 Å². The Labute approximate surface area is 95.9 Å². The quantitative estimate of drug-likeness (QED) is 0.605. The number of carbonyl (C=O) groups is 2. The molecule has 3 N–H and O–H groups in total. The van der Waals surface area contributed by atoms with Crippen molar-refractivity contribution in [2.24, 2.45) is 11.3 Å². The number of nitrogens with one attached hydrogen (secondary N) is 1. The van der Waals surface area contributed by atoms with Gasteiger partial charge in [0.05, 0.1) is 6.10 Å². The van der Waals surface area contributed by atoms with Crippen LogP contribution in [0.4, 0.5) is 0 Å². The molecule has 16 heavy (non-hydrogen) atoms. The predicted molar refractivity (Wildman–Crippen MR) is 59.9 cm³/mol. The third-order valence-electron chi connectivity index (χ3n) is 2.12. The highest BCUT2D eigenvalue weighted by Gasteiger charge is 2.22. The Kier molecular flexibility index (Phi) is 5.44. The van der Waals surface area contributed by atoms with Crippen LogP contribution in [0.5, 0.6) is 0 Å². The summed E-state index contributed by atoms with van der Waals surface area (Å²) in [4.78, 5) is 21.7. The lowest BCUT2D eigenvalue weighted by molar-refractivity contribution is -0.146. The second-order valence-electron chi connectivity index (χ2n) is 5.22. The first kappa shape index (κ1) is 14.9. The fourth-order valence-electron chi connectivity index (χ4n) is 1.26. The van der Waals surface area contributed by atoms with Crippen LogP contribution in [0, 0.1) is 11.3 Å². The number of carboxylic acids is 1. The van der Waals surface area contributed by atoms with Crippen molar-refractivity contribution in [3.8, 4) is 0 Å². The lowest BCUT2D eigenvalue weighted by Gasteiger charge is -2.22. The van der Waals surface area contributed by atoms with E-state index in [1.54, 1.807) is 0 Å². The topological polar surface area (TPSA) is 86.6 Å². The lowest BCUT2D eigenvalue weighted by atomic mass is 9.89. The molecule has 2 unspecified atom stereocenters. The normalized spacial score (nSPS) is 15.3. The van der Waals surface area contributed by atoms with E-state index in [-0.39, 0.29) is 12.0 Å². The van der Waals surface area contributed by atoms with Gasteiger partial charge in [-0.25, -0.2) is 0 Å². The molecular weight excluding hydrogens is 210 g/mol. The summed E-state index contributed by atoms with van der Waals surface area (Å²) in [5, 5.41) is 20.6. The molecule has 2 atom stereocenters. The van der Waals surface area contributed by atoms with Gasteiger partial charge in [0, 0.05) is 6.54 Å². The van der Waals surface area contributed by atoms with Crippen LogP contribution in [0.3, 0.4) is 0 Å². The van der Waals surface area contributed by atoms with Crippen molar-refractivity contribution in [3.05, 3.63) is 0 Å². The van der Waals surface area contributed by atoms with E-state index in [2.05, 4.69) is 5.32 Å². The molecule has 0 aliphatic carbocycles. The molecule has 0 heterocycles. The summed E-state index contributed by atoms with van der Waals surface area (Å²) in [7, 11) is 0. The molecule has 0 saturated heterocycles. The minimum Gasteiger partial charge on any atom is -0.481 e. The number of rotatable bonds is 5. The maximum absolute atomic E-state index is 11.3. The first-order chi connectivity index (χ1) is 7.13. The largest absolute Gasteiger partial charge is 0.481 e. The predicted octanol–water partition coefficient (Wildman–Crippen LogP) is 0.620. The van der Waals surface area contributed by atoms with E-state index in [0.29, 0.717) is 6.42 Å². The van der Waals surface area contributed by atoms with Crippen molar-refractivity contribution in [1.82, 2.24) is 5.32 Å². The van der Waals surface area contributed by atoms with Gasteiger partial charge in [-0.3, -0.25) is 9.59 Å². The maximum atomic E-state index is 11.3. The molecule has 0 aromatic carbocycles. The molecular formula is C11H21NO4. The zero-order chi connectivity index (χ0) is 12.9. The van der Waals surface area contributed by atoms with E-state index in [9.17, 15) is 14.7 Å². The Morgan fingerprint density at radius 3 is 2.19 bits per heavy atom. The SMILES string of the molecule is CC(C(=O)O)C(=O)NCC(O)CC(C)(C)C. The van der Waals surface area contributed by atoms with E-state index in [0.717, 1.165) is 0 Å². The number of hydrogen-bond donors (Lipinski definition) is 3. The molecule has 0 aromatic heterocycles. The van der Waals surface area contributed by atoms with Crippen LogP contribution >= 0.6 is 0 Å². The Bertz CT molecular complexity index is 257. The number of aliphatic hydroxyl groups excluding tert-OH is 1. The highest BCUT2D eigenvalue weighted by molar-refractivity contribution is 5.96. The Hall–Kier alpha value is -1.10. The van der Waals surface area contributed by atoms with Gasteiger partial charge >= 0.3 is 5.97 Å². The van der Waals surface area contributed by atoms with Gasteiger partial charge in [0.2, 0.25) is 5.91 Å². The molecule has 94 valence electrons. The van der Waals surface area contributed by atoms with Crippen molar-refractivity contribution in [3.63, 3.8) is 0 Å². The van der Waals surface area contributed by atoms with Crippen LogP contribution in [-0.2, 0) is 9.59 Å². The van der Waals surface area contributed by atoms with Crippen molar-refractivity contribution in [2.45, 2.75) is 40.2 Å². The van der Waals surface area contributed by atoms with E-state index in [4.69, 9.17) is 5.11 Å². The monoisotopic (exact) mass is 231 g/mol. The van der Waals surface area contributed by atoms with Crippen LogP contribution < -0.4 is 5.32 Å². The summed E-state index contributed by atoms with van der Waals surface area (Å²) in [5.74, 6) is -2.81. The summed E-state index contributed by atoms with van der Waals surface area (Å²) in [6, 6.07) is 0. The third-order valence-corrected chi connectivity index (χ3v) is 2.12. The maximum Gasteiger partial charge on any atom is 0.315 e. The van der Waals surface area contributed by atoms with Gasteiger partial charge < -0.3 is 15.5 Å². The molecule has 1 amide bonds. The zero-order valence-electron chi connectivity index (χ0n) is 10.3. The minimum absolute atomic E-state index is 0.0252. The van der Waals surface area contributed by atoms with Crippen LogP contribution in [-0.4, -0.2) is 34.7 Å². The Morgan fingerprint density at radius 2 is 1.81 bits per heavy atom. The second-order valence-corrected chi connectivity index (χ2v) is 5.22. The smallest absolute Gasteiger partial charge is 0.315 e. The van der Waals surface area contributed by atoms with E-state index >= 15 is 0 Å². The highest BCUT2D eigenvalue weighted by Crippen LogP contribution is 2.20. The van der Waals surface area contributed by atoms with Gasteiger partial charge in [-0.2, -0.15) is 0 Å². The van der Waals surface area contributed by atoms with E-state index in [1.807, 2.05) is 20.8 Å². The number of aliphatic carboxylic acids is 1. The number of amides is 1. The van der Waals surface area contributed by atoms with Crippen LogP contribution in [0.15, 0.2) is 0 Å². The fourth-order valence-corrected chi connectivity index (χ4v) is 1.26. The van der Waals surface area contributed by atoms with Gasteiger partial charge in [0.15, 0.2) is 0 Å². The molecule has 0 radical (unpaired) electrons. The van der Waals surface area contributed by atoms with Gasteiger partial charge in [-0.1, -0.05) is 20.8 Å². The first-order valence-electron chi connectivity index (χ1n) is 5.32. The summed E-state index contributed by atoms with van der Waals surface area (Å²) < 4.78 is 0. The molecule has 0 bridgehead atoms. The summed E-state index contributed by atoms with van der Waals surface area (Å²) in [6.07, 6.45) is -0.0979. The number of carbonyl (C=O) groups excluding carboxylic acids is 1. The Morgan fingerprint density at radius 1 is 1.31 bits per heavy atom. The summed E-state index contributed by atoms with van der Waals surface area (Å²) in [5.41, 5.74) is -0.0252. The van der Waals surface area contributed by atoms with Crippen LogP contribution in [0.25, 0.3) is 0 Å². The van der Waals surface area contributed by atoms with Gasteiger partial charge in [-0.15, -0.1) is 0 Å². The van der Waals surface area contributed by atoms with Gasteiger partial charge in [-0.05, 0) is 18.8 Å². The summed E-state index contributed by atoms with van der Waals surface area (Å²) >= 11 is 0. The fraction of sp³-hybridized carbons (Fsp3) is 0.818. The van der Waals surface area contributed by atoms with Gasteiger partial charge in [0.1, 0.15) is 5.92 Å². The molecule has 0 spiro atoms. The highest BCUT2D eigenvalue weighted by atomic mass is 16.4. The van der Waals surface area contributed by atoms with Crippen molar-refractivity contribution in [1.29, 1.82) is 0 Å². The first-order valence-corrected chi connectivity index (χ1v) is 5.32. The molecule has 0 saturated carbocycles. The molecule has 5 nitrogen and oxygen atoms in total. The molecule has 0 aliphatic rings. The van der Waals surface area contributed by atoms with Crippen LogP contribution in [0.2, 0.25) is 0 Å². The van der Waals surface area contributed by atoms with E-state index in [1.165, 1.54) is 6.92 Å². The third kappa shape index (κ3) is 6.40. The molecule has 0 aliphatic heterocycles.